The van der Waals surface area contributed by atoms with Gasteiger partial charge in [0.1, 0.15) is 6.61 Å². The molecule has 8 heteroatoms. The second-order valence-electron chi connectivity index (χ2n) is 6.71. The van der Waals surface area contributed by atoms with Crippen LogP contribution in [0.15, 0.2) is 23.6 Å². The molecule has 7 nitrogen and oxygen atoms in total. The Labute approximate surface area is 158 Å². The van der Waals surface area contributed by atoms with Gasteiger partial charge in [0.2, 0.25) is 5.91 Å². The first-order chi connectivity index (χ1) is 12.7. The van der Waals surface area contributed by atoms with E-state index in [4.69, 9.17) is 4.74 Å². The van der Waals surface area contributed by atoms with Gasteiger partial charge >= 0.3 is 6.09 Å². The molecule has 2 amide bonds. The summed E-state index contributed by atoms with van der Waals surface area (Å²) >= 11 is 1.36. The van der Waals surface area contributed by atoms with Crippen molar-refractivity contribution in [3.63, 3.8) is 0 Å². The van der Waals surface area contributed by atoms with Crippen LogP contribution in [0.1, 0.15) is 39.0 Å². The smallest absolute Gasteiger partial charge is 0.410 e. The molecule has 2 saturated heterocycles. The topological polar surface area (TPSA) is 75.6 Å². The van der Waals surface area contributed by atoms with E-state index in [0.29, 0.717) is 30.6 Å². The maximum atomic E-state index is 12.4. The Morgan fingerprint density at radius 3 is 2.73 bits per heavy atom. The molecule has 1 aromatic rings. The number of hydrogen-bond donors (Lipinski definition) is 0. The third-order valence-electron chi connectivity index (χ3n) is 4.97. The van der Waals surface area contributed by atoms with E-state index in [2.05, 4.69) is 16.9 Å². The minimum Gasteiger partial charge on any atom is -0.447 e. The largest absolute Gasteiger partial charge is 0.447 e. The maximum Gasteiger partial charge on any atom is 0.410 e. The van der Waals surface area contributed by atoms with Gasteiger partial charge in [0, 0.05) is 31.5 Å². The lowest BCUT2D eigenvalue weighted by atomic mass is 10.0. The van der Waals surface area contributed by atoms with Crippen molar-refractivity contribution < 1.29 is 14.3 Å². The summed E-state index contributed by atoms with van der Waals surface area (Å²) in [5.41, 5.74) is 0. The third kappa shape index (κ3) is 4.66. The summed E-state index contributed by atoms with van der Waals surface area (Å²) in [7, 11) is 0. The number of cyclic esters (lactones) is 1. The predicted molar refractivity (Wildman–Crippen MR) is 98.9 cm³/mol. The quantitative estimate of drug-likeness (QED) is 0.536. The fourth-order valence-electron chi connectivity index (χ4n) is 3.55. The van der Waals surface area contributed by atoms with Crippen LogP contribution in [0.25, 0.3) is 0 Å². The molecule has 0 saturated carbocycles. The van der Waals surface area contributed by atoms with Gasteiger partial charge in [0.15, 0.2) is 5.16 Å². The molecule has 0 bridgehead atoms. The van der Waals surface area contributed by atoms with E-state index >= 15 is 0 Å². The maximum absolute atomic E-state index is 12.4. The Balaban J connectivity index is 1.47. The molecule has 1 unspecified atom stereocenters. The van der Waals surface area contributed by atoms with Gasteiger partial charge in [0.05, 0.1) is 11.8 Å². The molecule has 0 N–H and O–H groups in total. The number of piperidine rings is 1. The molecule has 0 aromatic carbocycles. The van der Waals surface area contributed by atoms with E-state index in [-0.39, 0.29) is 24.1 Å². The number of amides is 2. The van der Waals surface area contributed by atoms with Crippen molar-refractivity contribution in [2.45, 2.75) is 56.3 Å². The van der Waals surface area contributed by atoms with Crippen LogP contribution in [0.2, 0.25) is 0 Å². The van der Waals surface area contributed by atoms with Crippen LogP contribution in [0.3, 0.4) is 0 Å². The number of unbranched alkanes of at least 4 members (excludes halogenated alkanes) is 1. The lowest BCUT2D eigenvalue weighted by Gasteiger charge is -2.37. The number of carbonyl (C=O) groups is 2. The van der Waals surface area contributed by atoms with Crippen molar-refractivity contribution in [2.24, 2.45) is 0 Å². The van der Waals surface area contributed by atoms with Gasteiger partial charge in [-0.25, -0.2) is 14.8 Å². The second-order valence-corrected chi connectivity index (χ2v) is 7.65. The fourth-order valence-corrected chi connectivity index (χ4v) is 4.26. The zero-order chi connectivity index (χ0) is 18.4. The third-order valence-corrected chi connectivity index (χ3v) is 5.83. The van der Waals surface area contributed by atoms with E-state index in [9.17, 15) is 9.59 Å². The fraction of sp³-hybridized carbons (Fsp3) is 0.667. The SMILES string of the molecule is CCCCC1COC(=O)N1C1CCN(C(=O)CSc2ncccn2)CC1. The van der Waals surface area contributed by atoms with Gasteiger partial charge in [-0.3, -0.25) is 9.69 Å². The number of thioether (sulfide) groups is 1. The van der Waals surface area contributed by atoms with Crippen LogP contribution in [0.4, 0.5) is 4.79 Å². The van der Waals surface area contributed by atoms with Gasteiger partial charge in [-0.1, -0.05) is 31.5 Å². The molecule has 0 radical (unpaired) electrons. The van der Waals surface area contributed by atoms with Gasteiger partial charge in [-0.15, -0.1) is 0 Å². The normalized spacial score (nSPS) is 21.1. The Bertz CT molecular complexity index is 608. The average Bonchev–Trinajstić information content (AvgIpc) is 3.05. The molecule has 142 valence electrons. The van der Waals surface area contributed by atoms with Crippen LogP contribution in [0.5, 0.6) is 0 Å². The molecular weight excluding hydrogens is 352 g/mol. The lowest BCUT2D eigenvalue weighted by molar-refractivity contribution is -0.129. The van der Waals surface area contributed by atoms with Gasteiger partial charge in [-0.05, 0) is 25.3 Å². The van der Waals surface area contributed by atoms with E-state index < -0.39 is 0 Å². The van der Waals surface area contributed by atoms with Crippen LogP contribution < -0.4 is 0 Å². The van der Waals surface area contributed by atoms with Crippen molar-refractivity contribution in [1.29, 1.82) is 0 Å². The predicted octanol–water partition coefficient (Wildman–Crippen LogP) is 2.57. The Kier molecular flexibility index (Phi) is 6.71. The van der Waals surface area contributed by atoms with Crippen LogP contribution in [-0.4, -0.2) is 69.3 Å². The van der Waals surface area contributed by atoms with E-state index in [1.165, 1.54) is 11.8 Å². The summed E-state index contributed by atoms with van der Waals surface area (Å²) < 4.78 is 5.28. The molecule has 0 spiro atoms. The van der Waals surface area contributed by atoms with Crippen molar-refractivity contribution >= 4 is 23.8 Å². The number of rotatable bonds is 7. The zero-order valence-corrected chi connectivity index (χ0v) is 16.0. The van der Waals surface area contributed by atoms with Gasteiger partial charge in [-0.2, -0.15) is 0 Å². The monoisotopic (exact) mass is 378 g/mol. The highest BCUT2D eigenvalue weighted by Gasteiger charge is 2.39. The summed E-state index contributed by atoms with van der Waals surface area (Å²) in [4.78, 5) is 36.6. The Morgan fingerprint density at radius 2 is 2.04 bits per heavy atom. The summed E-state index contributed by atoms with van der Waals surface area (Å²) in [6.07, 6.45) is 8.02. The molecule has 26 heavy (non-hydrogen) atoms. The van der Waals surface area contributed by atoms with Crippen LogP contribution in [0, 0.1) is 0 Å². The van der Waals surface area contributed by atoms with Crippen LogP contribution >= 0.6 is 11.8 Å². The number of likely N-dealkylation sites (tertiary alicyclic amines) is 1. The summed E-state index contributed by atoms with van der Waals surface area (Å²) in [5.74, 6) is 0.451. The van der Waals surface area contributed by atoms with Gasteiger partial charge in [0.25, 0.3) is 0 Å². The number of carbonyl (C=O) groups excluding carboxylic acids is 2. The van der Waals surface area contributed by atoms with E-state index in [1.54, 1.807) is 18.5 Å². The highest BCUT2D eigenvalue weighted by Crippen LogP contribution is 2.26. The first-order valence-corrected chi connectivity index (χ1v) is 10.3. The van der Waals surface area contributed by atoms with Crippen molar-refractivity contribution in [3.05, 3.63) is 18.5 Å². The minimum atomic E-state index is -0.187. The Morgan fingerprint density at radius 1 is 1.31 bits per heavy atom. The van der Waals surface area contributed by atoms with Crippen molar-refractivity contribution in [3.8, 4) is 0 Å². The molecular formula is C18H26N4O3S. The molecule has 2 fully saturated rings. The molecule has 0 aliphatic carbocycles. The van der Waals surface area contributed by atoms with Gasteiger partial charge < -0.3 is 9.64 Å². The highest BCUT2D eigenvalue weighted by molar-refractivity contribution is 7.99. The number of aromatic nitrogens is 2. The molecule has 3 rings (SSSR count). The van der Waals surface area contributed by atoms with E-state index in [0.717, 1.165) is 32.1 Å². The highest BCUT2D eigenvalue weighted by atomic mass is 32.2. The second kappa shape index (κ2) is 9.21. The molecule has 1 aromatic heterocycles. The first-order valence-electron chi connectivity index (χ1n) is 9.31. The molecule has 2 aliphatic rings. The molecule has 1 atom stereocenters. The van der Waals surface area contributed by atoms with Crippen molar-refractivity contribution in [1.82, 2.24) is 19.8 Å². The lowest BCUT2D eigenvalue weighted by Crippen LogP contribution is -2.50. The zero-order valence-electron chi connectivity index (χ0n) is 15.2. The minimum absolute atomic E-state index is 0.104. The van der Waals surface area contributed by atoms with Crippen molar-refractivity contribution in [2.75, 3.05) is 25.4 Å². The summed E-state index contributed by atoms with van der Waals surface area (Å²) in [6, 6.07) is 2.13. The summed E-state index contributed by atoms with van der Waals surface area (Å²) in [5, 5.41) is 0.620. The number of hydrogen-bond acceptors (Lipinski definition) is 6. The summed E-state index contributed by atoms with van der Waals surface area (Å²) in [6.45, 7) is 4.03. The number of nitrogens with zero attached hydrogens (tertiary/aromatic N) is 4. The average molecular weight is 378 g/mol. The standard InChI is InChI=1S/C18H26N4O3S/c1-2-3-5-15-12-25-18(24)22(15)14-6-10-21(11-7-14)16(23)13-26-17-19-8-4-9-20-17/h4,8-9,14-15H,2-3,5-7,10-13H2,1H3. The number of ether oxygens (including phenoxy) is 1. The van der Waals surface area contributed by atoms with Crippen LogP contribution in [-0.2, 0) is 9.53 Å². The van der Waals surface area contributed by atoms with E-state index in [1.807, 2.05) is 9.80 Å². The molecule has 2 aliphatic heterocycles. The Hall–Kier alpha value is -1.83. The molecule has 3 heterocycles. The first kappa shape index (κ1) is 18.9.